The molecule has 2 aliphatic rings. The van der Waals surface area contributed by atoms with E-state index < -0.39 is 9.84 Å². The van der Waals surface area contributed by atoms with Crippen LogP contribution in [0.1, 0.15) is 31.7 Å². The molecule has 32 heavy (non-hydrogen) atoms. The molecule has 0 spiro atoms. The second kappa shape index (κ2) is 9.45. The summed E-state index contributed by atoms with van der Waals surface area (Å²) in [5.74, 6) is 1.05. The van der Waals surface area contributed by atoms with Gasteiger partial charge in [-0.25, -0.2) is 8.42 Å². The molecule has 2 heterocycles. The fraction of sp³-hybridized carbons (Fsp3) is 0.391. The Kier molecular flexibility index (Phi) is 6.83. The van der Waals surface area contributed by atoms with Gasteiger partial charge in [-0.15, -0.1) is 0 Å². The highest BCUT2D eigenvalue weighted by Gasteiger charge is 2.50. The maximum absolute atomic E-state index is 12.5. The number of benzene rings is 2. The average molecular weight is 493 g/mol. The van der Waals surface area contributed by atoms with Gasteiger partial charge in [-0.05, 0) is 49.2 Å². The van der Waals surface area contributed by atoms with Gasteiger partial charge in [0.2, 0.25) is 5.91 Å². The number of sulfone groups is 1. The van der Waals surface area contributed by atoms with E-state index in [2.05, 4.69) is 4.99 Å². The van der Waals surface area contributed by atoms with E-state index in [0.29, 0.717) is 33.8 Å². The number of ether oxygens (including phenoxy) is 1. The van der Waals surface area contributed by atoms with Crippen molar-refractivity contribution in [3.63, 3.8) is 0 Å². The second-order valence-electron chi connectivity index (χ2n) is 8.09. The number of hydrogen-bond donors (Lipinski definition) is 0. The molecule has 2 atom stereocenters. The lowest BCUT2D eigenvalue weighted by molar-refractivity contribution is -0.117. The highest BCUT2D eigenvalue weighted by atomic mass is 35.5. The molecule has 2 saturated heterocycles. The highest BCUT2D eigenvalue weighted by Crippen LogP contribution is 2.45. The first-order chi connectivity index (χ1) is 15.3. The minimum atomic E-state index is -3.18. The zero-order valence-corrected chi connectivity index (χ0v) is 20.3. The fourth-order valence-electron chi connectivity index (χ4n) is 3.91. The summed E-state index contributed by atoms with van der Waals surface area (Å²) in [4.78, 5) is 18.7. The van der Waals surface area contributed by atoms with Crippen LogP contribution in [-0.2, 0) is 14.6 Å². The van der Waals surface area contributed by atoms with Crippen LogP contribution in [0, 0.1) is 6.92 Å². The summed E-state index contributed by atoms with van der Waals surface area (Å²) < 4.78 is 30.9. The molecule has 0 bridgehead atoms. The van der Waals surface area contributed by atoms with Gasteiger partial charge in [0, 0.05) is 16.7 Å². The van der Waals surface area contributed by atoms with Crippen molar-refractivity contribution in [2.24, 2.45) is 4.99 Å². The minimum absolute atomic E-state index is 0.00321. The molecule has 1 amide bonds. The monoisotopic (exact) mass is 492 g/mol. The SMILES string of the molecule is CCCCC(=O)N=C1S[C@H]2CS(=O)(=O)C[C@@H]2N1c1cc(Cl)ccc1Oc1cccc(C)c1. The van der Waals surface area contributed by atoms with Crippen molar-refractivity contribution in [3.05, 3.63) is 53.1 Å². The number of unbranched alkanes of at least 4 members (excludes halogenated alkanes) is 1. The number of aliphatic imine (C=N–C) groups is 1. The first-order valence-electron chi connectivity index (χ1n) is 10.6. The van der Waals surface area contributed by atoms with Gasteiger partial charge in [0.25, 0.3) is 0 Å². The number of rotatable bonds is 6. The van der Waals surface area contributed by atoms with E-state index in [1.807, 2.05) is 43.0 Å². The molecule has 2 aromatic rings. The predicted octanol–water partition coefficient (Wildman–Crippen LogP) is 5.23. The number of fused-ring (bicyclic) bond motifs is 1. The maximum atomic E-state index is 12.5. The van der Waals surface area contributed by atoms with Gasteiger partial charge in [0.15, 0.2) is 20.8 Å². The van der Waals surface area contributed by atoms with Crippen LogP contribution >= 0.6 is 23.4 Å². The number of aryl methyl sites for hydroxylation is 1. The smallest absolute Gasteiger partial charge is 0.248 e. The Balaban J connectivity index is 1.76. The molecule has 0 N–H and O–H groups in total. The van der Waals surface area contributed by atoms with E-state index in [9.17, 15) is 13.2 Å². The summed E-state index contributed by atoms with van der Waals surface area (Å²) in [5, 5.41) is 0.804. The Morgan fingerprint density at radius 2 is 2.06 bits per heavy atom. The lowest BCUT2D eigenvalue weighted by Crippen LogP contribution is -2.38. The average Bonchev–Trinajstić information content (AvgIpc) is 3.18. The number of carbonyl (C=O) groups is 1. The van der Waals surface area contributed by atoms with Crippen LogP contribution < -0.4 is 9.64 Å². The first kappa shape index (κ1) is 23.1. The molecular weight excluding hydrogens is 468 g/mol. The summed E-state index contributed by atoms with van der Waals surface area (Å²) in [7, 11) is -3.18. The Hall–Kier alpha value is -2.03. The van der Waals surface area contributed by atoms with Crippen molar-refractivity contribution in [2.45, 2.75) is 44.4 Å². The molecule has 2 fully saturated rings. The van der Waals surface area contributed by atoms with Crippen LogP contribution in [0.3, 0.4) is 0 Å². The van der Waals surface area contributed by atoms with Crippen molar-refractivity contribution in [1.82, 2.24) is 0 Å². The third-order valence-corrected chi connectivity index (χ3v) is 8.87. The van der Waals surface area contributed by atoms with Crippen LogP contribution in [-0.4, -0.2) is 42.3 Å². The first-order valence-corrected chi connectivity index (χ1v) is 13.7. The number of hydrogen-bond acceptors (Lipinski definition) is 5. The fourth-order valence-corrected chi connectivity index (χ4v) is 8.00. The van der Waals surface area contributed by atoms with Gasteiger partial charge >= 0.3 is 0 Å². The van der Waals surface area contributed by atoms with Crippen molar-refractivity contribution in [3.8, 4) is 11.5 Å². The molecular formula is C23H25ClN2O4S2. The van der Waals surface area contributed by atoms with Crippen molar-refractivity contribution >= 4 is 50.0 Å². The predicted molar refractivity (Wildman–Crippen MR) is 131 cm³/mol. The molecule has 0 radical (unpaired) electrons. The summed E-state index contributed by atoms with van der Waals surface area (Å²) in [6.07, 6.45) is 2.03. The Bertz CT molecular complexity index is 1170. The van der Waals surface area contributed by atoms with Crippen molar-refractivity contribution < 1.29 is 17.9 Å². The number of thioether (sulfide) groups is 1. The van der Waals surface area contributed by atoms with Gasteiger partial charge in [0.1, 0.15) is 5.75 Å². The second-order valence-corrected chi connectivity index (χ2v) is 11.9. The summed E-state index contributed by atoms with van der Waals surface area (Å²) in [6, 6.07) is 12.6. The Morgan fingerprint density at radius 3 is 2.81 bits per heavy atom. The van der Waals surface area contributed by atoms with E-state index in [1.54, 1.807) is 18.2 Å². The molecule has 9 heteroatoms. The van der Waals surface area contributed by atoms with Crippen LogP contribution in [0.4, 0.5) is 5.69 Å². The Labute approximate surface area is 197 Å². The summed E-state index contributed by atoms with van der Waals surface area (Å²) >= 11 is 7.68. The summed E-state index contributed by atoms with van der Waals surface area (Å²) in [6.45, 7) is 4.00. The zero-order chi connectivity index (χ0) is 22.9. The topological polar surface area (TPSA) is 76.0 Å². The number of amidine groups is 1. The van der Waals surface area contributed by atoms with Gasteiger partial charge in [-0.2, -0.15) is 4.99 Å². The van der Waals surface area contributed by atoms with Gasteiger partial charge < -0.3 is 9.64 Å². The number of carbonyl (C=O) groups excluding carboxylic acids is 1. The van der Waals surface area contributed by atoms with Crippen molar-refractivity contribution in [2.75, 3.05) is 16.4 Å². The van der Waals surface area contributed by atoms with Crippen LogP contribution in [0.2, 0.25) is 5.02 Å². The summed E-state index contributed by atoms with van der Waals surface area (Å²) in [5.41, 5.74) is 1.67. The van der Waals surface area contributed by atoms with E-state index >= 15 is 0 Å². The van der Waals surface area contributed by atoms with Crippen molar-refractivity contribution in [1.29, 1.82) is 0 Å². The standard InChI is InChI=1S/C23H25ClN2O4S2/c1-3-4-8-22(27)25-23-26(19-13-32(28,29)14-21(19)31-23)18-12-16(24)9-10-20(18)30-17-7-5-6-15(2)11-17/h5-7,9-12,19,21H,3-4,8,13-14H2,1-2H3/t19-,21-/m0/s1. The normalized spacial score (nSPS) is 22.8. The highest BCUT2D eigenvalue weighted by molar-refractivity contribution is 8.16. The molecule has 6 nitrogen and oxygen atoms in total. The van der Waals surface area contributed by atoms with Crippen LogP contribution in [0.5, 0.6) is 11.5 Å². The minimum Gasteiger partial charge on any atom is -0.455 e. The molecule has 0 saturated carbocycles. The van der Waals surface area contributed by atoms with Gasteiger partial charge in [-0.3, -0.25) is 4.79 Å². The maximum Gasteiger partial charge on any atom is 0.248 e. The third-order valence-electron chi connectivity index (χ3n) is 5.43. The van der Waals surface area contributed by atoms with Gasteiger partial charge in [0.05, 0.1) is 23.2 Å². The third kappa shape index (κ3) is 5.13. The quantitative estimate of drug-likeness (QED) is 0.549. The Morgan fingerprint density at radius 1 is 1.25 bits per heavy atom. The largest absolute Gasteiger partial charge is 0.455 e. The zero-order valence-electron chi connectivity index (χ0n) is 18.0. The number of halogens is 1. The molecule has 2 aromatic carbocycles. The molecule has 2 aliphatic heterocycles. The molecule has 170 valence electrons. The number of amides is 1. The number of nitrogens with zero attached hydrogens (tertiary/aromatic N) is 2. The molecule has 0 unspecified atom stereocenters. The molecule has 0 aliphatic carbocycles. The number of anilines is 1. The van der Waals surface area contributed by atoms with E-state index in [4.69, 9.17) is 16.3 Å². The lowest BCUT2D eigenvalue weighted by atomic mass is 10.2. The van der Waals surface area contributed by atoms with E-state index in [1.165, 1.54) is 11.8 Å². The van der Waals surface area contributed by atoms with Crippen LogP contribution in [0.25, 0.3) is 0 Å². The molecule has 4 rings (SSSR count). The van der Waals surface area contributed by atoms with E-state index in [-0.39, 0.29) is 28.7 Å². The van der Waals surface area contributed by atoms with E-state index in [0.717, 1.165) is 18.4 Å². The van der Waals surface area contributed by atoms with Gasteiger partial charge in [-0.1, -0.05) is 48.8 Å². The lowest BCUT2D eigenvalue weighted by Gasteiger charge is -2.27. The molecule has 0 aromatic heterocycles. The van der Waals surface area contributed by atoms with Crippen LogP contribution in [0.15, 0.2) is 47.5 Å².